The Morgan fingerprint density at radius 1 is 1.32 bits per heavy atom. The summed E-state index contributed by atoms with van der Waals surface area (Å²) in [6.07, 6.45) is 3.33. The van der Waals surface area contributed by atoms with Crippen molar-refractivity contribution in [2.75, 3.05) is 6.54 Å². The van der Waals surface area contributed by atoms with Gasteiger partial charge in [-0.05, 0) is 56.1 Å². The molecule has 0 spiro atoms. The normalized spacial score (nSPS) is 20.4. The van der Waals surface area contributed by atoms with Crippen LogP contribution in [-0.4, -0.2) is 22.6 Å². The van der Waals surface area contributed by atoms with Gasteiger partial charge in [0.2, 0.25) is 0 Å². The predicted molar refractivity (Wildman–Crippen MR) is 78.1 cm³/mol. The molecule has 0 radical (unpaired) electrons. The van der Waals surface area contributed by atoms with E-state index < -0.39 is 17.7 Å². The molecule has 1 aromatic carbocycles. The van der Waals surface area contributed by atoms with Crippen LogP contribution in [0.25, 0.3) is 0 Å². The van der Waals surface area contributed by atoms with Gasteiger partial charge < -0.3 is 9.52 Å². The van der Waals surface area contributed by atoms with Crippen molar-refractivity contribution in [1.82, 2.24) is 4.90 Å². The summed E-state index contributed by atoms with van der Waals surface area (Å²) in [4.78, 5) is 2.10. The van der Waals surface area contributed by atoms with E-state index >= 15 is 0 Å². The van der Waals surface area contributed by atoms with E-state index in [0.717, 1.165) is 31.5 Å². The minimum Gasteiger partial charge on any atom is -0.467 e. The molecule has 2 unspecified atom stereocenters. The maximum atomic E-state index is 13.8. The molecule has 1 N–H and O–H groups in total. The highest BCUT2D eigenvalue weighted by molar-refractivity contribution is 5.19. The van der Waals surface area contributed by atoms with Crippen LogP contribution < -0.4 is 0 Å². The molecule has 5 heteroatoms. The van der Waals surface area contributed by atoms with Crippen molar-refractivity contribution in [3.8, 4) is 0 Å². The van der Waals surface area contributed by atoms with Crippen molar-refractivity contribution >= 4 is 0 Å². The van der Waals surface area contributed by atoms with Crippen LogP contribution in [0.15, 0.2) is 41.0 Å². The number of rotatable bonds is 5. The molecule has 22 heavy (non-hydrogen) atoms. The molecule has 1 fully saturated rings. The first-order chi connectivity index (χ1) is 10.6. The molecule has 2 heterocycles. The Balaban J connectivity index is 1.67. The first kappa shape index (κ1) is 15.2. The largest absolute Gasteiger partial charge is 0.467 e. The molecule has 0 aliphatic carbocycles. The molecular weight excluding hydrogens is 288 g/mol. The summed E-state index contributed by atoms with van der Waals surface area (Å²) in [5.41, 5.74) is 0.361. The van der Waals surface area contributed by atoms with Crippen LogP contribution in [0.5, 0.6) is 0 Å². The maximum absolute atomic E-state index is 13.8. The molecule has 118 valence electrons. The van der Waals surface area contributed by atoms with Crippen LogP contribution >= 0.6 is 0 Å². The van der Waals surface area contributed by atoms with Crippen molar-refractivity contribution in [1.29, 1.82) is 0 Å². The second-order valence-corrected chi connectivity index (χ2v) is 5.77. The molecule has 1 aliphatic heterocycles. The Morgan fingerprint density at radius 2 is 2.18 bits per heavy atom. The third-order valence-electron chi connectivity index (χ3n) is 4.25. The molecule has 1 aromatic heterocycles. The fraction of sp³-hybridized carbons (Fsp3) is 0.412. The summed E-state index contributed by atoms with van der Waals surface area (Å²) < 4.78 is 32.3. The molecule has 0 bridgehead atoms. The van der Waals surface area contributed by atoms with Gasteiger partial charge in [-0.3, -0.25) is 4.90 Å². The number of aliphatic hydroxyl groups excluding tert-OH is 1. The quantitative estimate of drug-likeness (QED) is 0.916. The zero-order valence-electron chi connectivity index (χ0n) is 12.2. The first-order valence-electron chi connectivity index (χ1n) is 7.53. The van der Waals surface area contributed by atoms with E-state index in [-0.39, 0.29) is 6.04 Å². The van der Waals surface area contributed by atoms with E-state index in [9.17, 15) is 13.9 Å². The van der Waals surface area contributed by atoms with Crippen molar-refractivity contribution in [2.24, 2.45) is 0 Å². The summed E-state index contributed by atoms with van der Waals surface area (Å²) in [7, 11) is 0. The number of aliphatic hydroxyl groups is 1. The first-order valence-corrected chi connectivity index (χ1v) is 7.53. The SMILES string of the molecule is OC(CC1CCCN1Cc1cc(F)ccc1F)c1ccco1. The van der Waals surface area contributed by atoms with Crippen LogP contribution in [0.2, 0.25) is 0 Å². The van der Waals surface area contributed by atoms with Crippen molar-refractivity contribution < 1.29 is 18.3 Å². The highest BCUT2D eigenvalue weighted by Crippen LogP contribution is 2.29. The van der Waals surface area contributed by atoms with E-state index in [1.165, 1.54) is 12.3 Å². The lowest BCUT2D eigenvalue weighted by Crippen LogP contribution is -2.30. The van der Waals surface area contributed by atoms with Crippen molar-refractivity contribution in [3.05, 3.63) is 59.6 Å². The number of halogens is 2. The molecule has 2 aromatic rings. The fourth-order valence-corrected chi connectivity index (χ4v) is 3.11. The third kappa shape index (κ3) is 3.36. The van der Waals surface area contributed by atoms with Gasteiger partial charge in [-0.1, -0.05) is 0 Å². The van der Waals surface area contributed by atoms with E-state index in [4.69, 9.17) is 4.42 Å². The van der Waals surface area contributed by atoms with Gasteiger partial charge in [0, 0.05) is 18.2 Å². The lowest BCUT2D eigenvalue weighted by Gasteiger charge is -2.26. The minimum atomic E-state index is -0.669. The Labute approximate surface area is 128 Å². The van der Waals surface area contributed by atoms with Gasteiger partial charge in [0.05, 0.1) is 6.26 Å². The van der Waals surface area contributed by atoms with Gasteiger partial charge in [-0.15, -0.1) is 0 Å². The molecule has 1 aliphatic rings. The Morgan fingerprint density at radius 3 is 2.95 bits per heavy atom. The summed E-state index contributed by atoms with van der Waals surface area (Å²) in [6.45, 7) is 1.19. The molecular formula is C17H19F2NO2. The van der Waals surface area contributed by atoms with Crippen LogP contribution in [0.4, 0.5) is 8.78 Å². The number of nitrogens with zero attached hydrogens (tertiary/aromatic N) is 1. The molecule has 3 nitrogen and oxygen atoms in total. The Kier molecular flexibility index (Phi) is 4.55. The average Bonchev–Trinajstić information content (AvgIpc) is 3.15. The molecule has 0 amide bonds. The van der Waals surface area contributed by atoms with Crippen molar-refractivity contribution in [2.45, 2.75) is 38.0 Å². The number of likely N-dealkylation sites (tertiary alicyclic amines) is 1. The van der Waals surface area contributed by atoms with Gasteiger partial charge >= 0.3 is 0 Å². The van der Waals surface area contributed by atoms with Crippen LogP contribution in [0, 0.1) is 11.6 Å². The number of hydrogen-bond acceptors (Lipinski definition) is 3. The van der Waals surface area contributed by atoms with Gasteiger partial charge in [-0.25, -0.2) is 8.78 Å². The molecule has 1 saturated heterocycles. The molecule has 3 rings (SSSR count). The van der Waals surface area contributed by atoms with E-state index in [1.54, 1.807) is 12.1 Å². The molecule has 2 atom stereocenters. The summed E-state index contributed by atoms with van der Waals surface area (Å²) in [5.74, 6) is -0.273. The second kappa shape index (κ2) is 6.58. The third-order valence-corrected chi connectivity index (χ3v) is 4.25. The Bertz CT molecular complexity index is 615. The van der Waals surface area contributed by atoms with Gasteiger partial charge in [0.1, 0.15) is 23.5 Å². The number of furan rings is 1. The lowest BCUT2D eigenvalue weighted by atomic mass is 10.0. The highest BCUT2D eigenvalue weighted by atomic mass is 19.1. The summed E-state index contributed by atoms with van der Waals surface area (Å²) >= 11 is 0. The van der Waals surface area contributed by atoms with Crippen LogP contribution in [0.3, 0.4) is 0 Å². The topological polar surface area (TPSA) is 36.6 Å². The van der Waals surface area contributed by atoms with Gasteiger partial charge in [-0.2, -0.15) is 0 Å². The van der Waals surface area contributed by atoms with E-state index in [0.29, 0.717) is 24.3 Å². The highest BCUT2D eigenvalue weighted by Gasteiger charge is 2.28. The van der Waals surface area contributed by atoms with Crippen LogP contribution in [0.1, 0.15) is 36.7 Å². The van der Waals surface area contributed by atoms with E-state index in [2.05, 4.69) is 4.90 Å². The van der Waals surface area contributed by atoms with E-state index in [1.807, 2.05) is 0 Å². The van der Waals surface area contributed by atoms with Crippen molar-refractivity contribution in [3.63, 3.8) is 0 Å². The summed E-state index contributed by atoms with van der Waals surface area (Å²) in [5, 5.41) is 10.2. The second-order valence-electron chi connectivity index (χ2n) is 5.77. The standard InChI is InChI=1S/C17H19F2NO2/c18-13-5-6-15(19)12(9-13)11-20-7-1-3-14(20)10-16(21)17-4-2-8-22-17/h2,4-6,8-9,14,16,21H,1,3,7,10-11H2. The zero-order chi connectivity index (χ0) is 15.5. The predicted octanol–water partition coefficient (Wildman–Crippen LogP) is 3.65. The average molecular weight is 307 g/mol. The minimum absolute atomic E-state index is 0.141. The monoisotopic (exact) mass is 307 g/mol. The number of hydrogen-bond donors (Lipinski definition) is 1. The molecule has 0 saturated carbocycles. The lowest BCUT2D eigenvalue weighted by molar-refractivity contribution is 0.0991. The smallest absolute Gasteiger partial charge is 0.132 e. The van der Waals surface area contributed by atoms with Crippen LogP contribution in [-0.2, 0) is 6.54 Å². The van der Waals surface area contributed by atoms with Gasteiger partial charge in [0.25, 0.3) is 0 Å². The zero-order valence-corrected chi connectivity index (χ0v) is 12.2. The summed E-state index contributed by atoms with van der Waals surface area (Å²) in [6, 6.07) is 7.16. The van der Waals surface area contributed by atoms with Gasteiger partial charge in [0.15, 0.2) is 0 Å². The number of benzene rings is 1. The maximum Gasteiger partial charge on any atom is 0.132 e. The fourth-order valence-electron chi connectivity index (χ4n) is 3.11. The Hall–Kier alpha value is -1.72.